The molecule has 1 rings (SSSR count). The Hall–Kier alpha value is -0.320. The zero-order valence-electron chi connectivity index (χ0n) is 7.82. The highest BCUT2D eigenvalue weighted by Crippen LogP contribution is 2.23. The highest BCUT2D eigenvalue weighted by Gasteiger charge is 1.99. The summed E-state index contributed by atoms with van der Waals surface area (Å²) in [5.41, 5.74) is 0. The molecule has 0 spiro atoms. The molecule has 4 heteroatoms. The van der Waals surface area contributed by atoms with E-state index in [0.29, 0.717) is 0 Å². The molecule has 0 saturated carbocycles. The Kier molecular flexibility index (Phi) is 4.48. The number of rotatable bonds is 5. The van der Waals surface area contributed by atoms with E-state index < -0.39 is 0 Å². The molecule has 0 aliphatic carbocycles. The van der Waals surface area contributed by atoms with Gasteiger partial charge in [-0.3, -0.25) is 4.79 Å². The molecule has 0 aliphatic heterocycles. The number of carbonyl (C=O) groups excluding carboxylic acids is 1. The monoisotopic (exact) mass is 215 g/mol. The molecule has 0 radical (unpaired) electrons. The third-order valence-electron chi connectivity index (χ3n) is 1.52. The highest BCUT2D eigenvalue weighted by atomic mass is 32.2. The van der Waals surface area contributed by atoms with Gasteiger partial charge in [0.15, 0.2) is 6.29 Å². The smallest absolute Gasteiger partial charge is 0.160 e. The Morgan fingerprint density at radius 2 is 2.38 bits per heavy atom. The minimum atomic E-state index is 0.812. The summed E-state index contributed by atoms with van der Waals surface area (Å²) in [4.78, 5) is 14.6. The second-order valence-electron chi connectivity index (χ2n) is 2.95. The van der Waals surface area contributed by atoms with Crippen molar-refractivity contribution in [1.29, 1.82) is 0 Å². The van der Waals surface area contributed by atoms with Crippen LogP contribution in [0.1, 0.15) is 9.67 Å². The van der Waals surface area contributed by atoms with E-state index in [9.17, 15) is 4.79 Å². The van der Waals surface area contributed by atoms with Crippen molar-refractivity contribution in [2.45, 2.75) is 4.90 Å². The summed E-state index contributed by atoms with van der Waals surface area (Å²) in [6, 6.07) is 1.94. The van der Waals surface area contributed by atoms with Crippen LogP contribution in [0.5, 0.6) is 0 Å². The molecule has 0 N–H and O–H groups in total. The van der Waals surface area contributed by atoms with Gasteiger partial charge >= 0.3 is 0 Å². The normalized spacial score (nSPS) is 10.7. The van der Waals surface area contributed by atoms with Crippen LogP contribution in [0.25, 0.3) is 0 Å². The lowest BCUT2D eigenvalue weighted by atomic mass is 10.5. The first-order chi connectivity index (χ1) is 6.22. The number of carbonyl (C=O) groups is 1. The van der Waals surface area contributed by atoms with Gasteiger partial charge in [0.1, 0.15) is 0 Å². The number of thioether (sulfide) groups is 1. The van der Waals surface area contributed by atoms with Crippen LogP contribution in [0.3, 0.4) is 0 Å². The lowest BCUT2D eigenvalue weighted by molar-refractivity contribution is 0.112. The van der Waals surface area contributed by atoms with Crippen LogP contribution in [0.2, 0.25) is 0 Å². The summed E-state index contributed by atoms with van der Waals surface area (Å²) in [5, 5.41) is 2.03. The number of hydrogen-bond acceptors (Lipinski definition) is 4. The first-order valence-electron chi connectivity index (χ1n) is 4.03. The Morgan fingerprint density at radius 1 is 1.62 bits per heavy atom. The lowest BCUT2D eigenvalue weighted by Crippen LogP contribution is -2.14. The van der Waals surface area contributed by atoms with E-state index in [0.717, 1.165) is 23.5 Å². The van der Waals surface area contributed by atoms with Crippen LogP contribution in [0, 0.1) is 0 Å². The van der Waals surface area contributed by atoms with Gasteiger partial charge < -0.3 is 4.90 Å². The van der Waals surface area contributed by atoms with Crippen molar-refractivity contribution in [3.63, 3.8) is 0 Å². The summed E-state index contributed by atoms with van der Waals surface area (Å²) < 4.78 is 0. The molecule has 1 heterocycles. The molecule has 0 fully saturated rings. The maximum absolute atomic E-state index is 10.4. The Labute approximate surface area is 86.9 Å². The molecule has 1 aromatic heterocycles. The maximum atomic E-state index is 10.4. The number of aldehydes is 1. The molecule has 0 unspecified atom stereocenters. The molecule has 72 valence electrons. The van der Waals surface area contributed by atoms with E-state index in [4.69, 9.17) is 0 Å². The van der Waals surface area contributed by atoms with Gasteiger partial charge in [-0.05, 0) is 20.2 Å². The summed E-state index contributed by atoms with van der Waals surface area (Å²) in [7, 11) is 4.12. The maximum Gasteiger partial charge on any atom is 0.160 e. The first-order valence-corrected chi connectivity index (χ1v) is 5.90. The Balaban J connectivity index is 2.32. The molecular formula is C9H13NOS2. The zero-order valence-corrected chi connectivity index (χ0v) is 9.45. The minimum Gasteiger partial charge on any atom is -0.309 e. The third-order valence-corrected chi connectivity index (χ3v) is 3.48. The van der Waals surface area contributed by atoms with Crippen molar-refractivity contribution in [2.24, 2.45) is 0 Å². The van der Waals surface area contributed by atoms with Crippen LogP contribution in [0.4, 0.5) is 0 Å². The van der Waals surface area contributed by atoms with Crippen LogP contribution in [-0.2, 0) is 0 Å². The van der Waals surface area contributed by atoms with E-state index in [1.165, 1.54) is 16.2 Å². The predicted molar refractivity (Wildman–Crippen MR) is 59.0 cm³/mol. The van der Waals surface area contributed by atoms with Crippen molar-refractivity contribution in [1.82, 2.24) is 4.90 Å². The third kappa shape index (κ3) is 3.93. The van der Waals surface area contributed by atoms with Crippen molar-refractivity contribution in [2.75, 3.05) is 26.4 Å². The average Bonchev–Trinajstić information content (AvgIpc) is 2.52. The zero-order chi connectivity index (χ0) is 9.68. The van der Waals surface area contributed by atoms with Gasteiger partial charge in [0.25, 0.3) is 0 Å². The van der Waals surface area contributed by atoms with Gasteiger partial charge in [-0.25, -0.2) is 0 Å². The molecule has 0 saturated heterocycles. The minimum absolute atomic E-state index is 0.812. The fourth-order valence-electron chi connectivity index (χ4n) is 0.818. The molecule has 0 aromatic carbocycles. The second-order valence-corrected chi connectivity index (χ2v) is 5.07. The van der Waals surface area contributed by atoms with Crippen LogP contribution in [0.15, 0.2) is 16.3 Å². The quantitative estimate of drug-likeness (QED) is 0.555. The highest BCUT2D eigenvalue weighted by molar-refractivity contribution is 7.99. The van der Waals surface area contributed by atoms with Crippen molar-refractivity contribution >= 4 is 29.4 Å². The topological polar surface area (TPSA) is 20.3 Å². The number of thiophene rings is 1. The molecule has 13 heavy (non-hydrogen) atoms. The molecule has 2 nitrogen and oxygen atoms in total. The van der Waals surface area contributed by atoms with E-state index in [1.54, 1.807) is 11.8 Å². The summed E-state index contributed by atoms with van der Waals surface area (Å²) >= 11 is 3.30. The molecule has 0 amide bonds. The first kappa shape index (κ1) is 10.8. The van der Waals surface area contributed by atoms with Crippen molar-refractivity contribution in [3.8, 4) is 0 Å². The van der Waals surface area contributed by atoms with Gasteiger partial charge in [-0.1, -0.05) is 0 Å². The van der Waals surface area contributed by atoms with Gasteiger partial charge in [-0.2, -0.15) is 0 Å². The molecule has 0 atom stereocenters. The average molecular weight is 215 g/mol. The van der Waals surface area contributed by atoms with E-state index in [2.05, 4.69) is 19.0 Å². The number of hydrogen-bond donors (Lipinski definition) is 0. The molecular weight excluding hydrogens is 202 g/mol. The fourth-order valence-corrected chi connectivity index (χ4v) is 2.78. The largest absolute Gasteiger partial charge is 0.309 e. The lowest BCUT2D eigenvalue weighted by Gasteiger charge is -2.07. The van der Waals surface area contributed by atoms with Crippen LogP contribution in [-0.4, -0.2) is 37.6 Å². The second kappa shape index (κ2) is 5.42. The standard InChI is InChI=1S/C9H13NOS2/c1-10(2)3-4-12-9-5-8(6-11)13-7-9/h5-7H,3-4H2,1-2H3. The van der Waals surface area contributed by atoms with Crippen molar-refractivity contribution in [3.05, 3.63) is 16.3 Å². The van der Waals surface area contributed by atoms with E-state index in [-0.39, 0.29) is 0 Å². The van der Waals surface area contributed by atoms with Gasteiger partial charge in [0.05, 0.1) is 4.88 Å². The van der Waals surface area contributed by atoms with Gasteiger partial charge in [0.2, 0.25) is 0 Å². The number of nitrogens with zero attached hydrogens (tertiary/aromatic N) is 1. The summed E-state index contributed by atoms with van der Waals surface area (Å²) in [5.74, 6) is 1.07. The molecule has 0 bridgehead atoms. The molecule has 1 aromatic rings. The summed E-state index contributed by atoms with van der Waals surface area (Å²) in [6.45, 7) is 1.07. The Bertz CT molecular complexity index is 270. The molecule has 0 aliphatic rings. The Morgan fingerprint density at radius 3 is 2.92 bits per heavy atom. The van der Waals surface area contributed by atoms with E-state index in [1.807, 2.05) is 11.4 Å². The summed E-state index contributed by atoms with van der Waals surface area (Å²) in [6.07, 6.45) is 0.903. The van der Waals surface area contributed by atoms with E-state index >= 15 is 0 Å². The van der Waals surface area contributed by atoms with Gasteiger partial charge in [0, 0.05) is 22.6 Å². The van der Waals surface area contributed by atoms with Crippen LogP contribution < -0.4 is 0 Å². The van der Waals surface area contributed by atoms with Crippen LogP contribution >= 0.6 is 23.1 Å². The predicted octanol–water partition coefficient (Wildman–Crippen LogP) is 2.21. The van der Waals surface area contributed by atoms with Crippen molar-refractivity contribution < 1.29 is 4.79 Å². The SMILES string of the molecule is CN(C)CCSc1csc(C=O)c1. The van der Waals surface area contributed by atoms with Gasteiger partial charge in [-0.15, -0.1) is 23.1 Å². The fraction of sp³-hybridized carbons (Fsp3) is 0.444.